The molecular formula is C11H16N2O2. The third-order valence-electron chi connectivity index (χ3n) is 2.13. The fraction of sp³-hybridized carbons (Fsp3) is 0.455. The van der Waals surface area contributed by atoms with Crippen LogP contribution in [0.2, 0.25) is 0 Å². The first-order valence-corrected chi connectivity index (χ1v) is 4.92. The van der Waals surface area contributed by atoms with Gasteiger partial charge in [-0.05, 0) is 26.0 Å². The van der Waals surface area contributed by atoms with Crippen molar-refractivity contribution in [3.05, 3.63) is 23.9 Å². The minimum absolute atomic E-state index is 0.240. The molecule has 0 aliphatic heterocycles. The zero-order valence-corrected chi connectivity index (χ0v) is 9.36. The second-order valence-corrected chi connectivity index (χ2v) is 3.23. The zero-order chi connectivity index (χ0) is 11.3. The molecule has 0 unspecified atom stereocenters. The number of hydrogen-bond donors (Lipinski definition) is 0. The molecule has 1 heterocycles. The van der Waals surface area contributed by atoms with Gasteiger partial charge in [0, 0.05) is 12.2 Å². The summed E-state index contributed by atoms with van der Waals surface area (Å²) in [6.45, 7) is 4.87. The highest BCUT2D eigenvalue weighted by Crippen LogP contribution is 2.10. The molecular weight excluding hydrogens is 192 g/mol. The van der Waals surface area contributed by atoms with E-state index in [0.717, 1.165) is 18.1 Å². The minimum Gasteiger partial charge on any atom is -0.468 e. The Hall–Kier alpha value is -1.58. The van der Waals surface area contributed by atoms with Crippen molar-refractivity contribution in [2.24, 2.45) is 0 Å². The summed E-state index contributed by atoms with van der Waals surface area (Å²) in [5, 5.41) is 0. The van der Waals surface area contributed by atoms with E-state index in [1.54, 1.807) is 0 Å². The quantitative estimate of drug-likeness (QED) is 0.701. The zero-order valence-electron chi connectivity index (χ0n) is 9.36. The van der Waals surface area contributed by atoms with Crippen molar-refractivity contribution in [3.8, 4) is 0 Å². The topological polar surface area (TPSA) is 42.4 Å². The number of methoxy groups -OCH3 is 1. The van der Waals surface area contributed by atoms with E-state index >= 15 is 0 Å². The maximum absolute atomic E-state index is 11.1. The number of aryl methyl sites for hydroxylation is 1. The molecule has 1 rings (SSSR count). The van der Waals surface area contributed by atoms with Gasteiger partial charge in [-0.25, -0.2) is 4.98 Å². The molecule has 0 aliphatic rings. The van der Waals surface area contributed by atoms with E-state index in [1.165, 1.54) is 7.11 Å². The van der Waals surface area contributed by atoms with Gasteiger partial charge in [0.25, 0.3) is 0 Å². The molecule has 15 heavy (non-hydrogen) atoms. The summed E-state index contributed by atoms with van der Waals surface area (Å²) in [7, 11) is 1.39. The van der Waals surface area contributed by atoms with Crippen LogP contribution in [0.25, 0.3) is 0 Å². The van der Waals surface area contributed by atoms with Gasteiger partial charge in [-0.15, -0.1) is 0 Å². The largest absolute Gasteiger partial charge is 0.468 e. The lowest BCUT2D eigenvalue weighted by molar-refractivity contribution is -0.138. The summed E-state index contributed by atoms with van der Waals surface area (Å²) in [6.07, 6.45) is 0. The second-order valence-electron chi connectivity index (χ2n) is 3.23. The lowest BCUT2D eigenvalue weighted by atomic mass is 10.3. The van der Waals surface area contributed by atoms with Crippen LogP contribution in [0.1, 0.15) is 12.6 Å². The van der Waals surface area contributed by atoms with Gasteiger partial charge in [-0.2, -0.15) is 0 Å². The number of aromatic nitrogens is 1. The maximum Gasteiger partial charge on any atom is 0.325 e. The molecule has 0 aromatic carbocycles. The number of rotatable bonds is 4. The molecule has 0 saturated carbocycles. The number of likely N-dealkylation sites (N-methyl/N-ethyl adjacent to an activating group) is 1. The van der Waals surface area contributed by atoms with E-state index in [1.807, 2.05) is 36.9 Å². The van der Waals surface area contributed by atoms with Crippen molar-refractivity contribution in [3.63, 3.8) is 0 Å². The fourth-order valence-corrected chi connectivity index (χ4v) is 1.28. The van der Waals surface area contributed by atoms with Crippen LogP contribution in [0.15, 0.2) is 18.2 Å². The van der Waals surface area contributed by atoms with Gasteiger partial charge >= 0.3 is 5.97 Å². The predicted molar refractivity (Wildman–Crippen MR) is 58.9 cm³/mol. The van der Waals surface area contributed by atoms with Crippen molar-refractivity contribution in [2.45, 2.75) is 13.8 Å². The number of hydrogen-bond acceptors (Lipinski definition) is 4. The minimum atomic E-state index is -0.250. The number of pyridine rings is 1. The summed E-state index contributed by atoms with van der Waals surface area (Å²) in [5.74, 6) is 0.558. The first kappa shape index (κ1) is 11.5. The Labute approximate surface area is 89.9 Å². The molecule has 0 saturated heterocycles. The normalized spacial score (nSPS) is 9.80. The Kier molecular flexibility index (Phi) is 4.09. The standard InChI is InChI=1S/C11H16N2O2/c1-4-13(8-11(14)15-3)10-7-5-6-9(2)12-10/h5-7H,4,8H2,1-3H3. The molecule has 1 aromatic heterocycles. The second kappa shape index (κ2) is 5.34. The number of carbonyl (C=O) groups excluding carboxylic acids is 1. The van der Waals surface area contributed by atoms with E-state index in [4.69, 9.17) is 0 Å². The van der Waals surface area contributed by atoms with Gasteiger partial charge in [-0.1, -0.05) is 6.07 Å². The van der Waals surface area contributed by atoms with Crippen molar-refractivity contribution < 1.29 is 9.53 Å². The highest BCUT2D eigenvalue weighted by Gasteiger charge is 2.10. The summed E-state index contributed by atoms with van der Waals surface area (Å²) >= 11 is 0. The van der Waals surface area contributed by atoms with Crippen LogP contribution in [-0.2, 0) is 9.53 Å². The van der Waals surface area contributed by atoms with Gasteiger partial charge < -0.3 is 9.64 Å². The number of anilines is 1. The average molecular weight is 208 g/mol. The van der Waals surface area contributed by atoms with Crippen molar-refractivity contribution in [2.75, 3.05) is 25.1 Å². The van der Waals surface area contributed by atoms with Gasteiger partial charge in [0.05, 0.1) is 7.11 Å². The fourth-order valence-electron chi connectivity index (χ4n) is 1.28. The van der Waals surface area contributed by atoms with Crippen LogP contribution in [0.4, 0.5) is 5.82 Å². The van der Waals surface area contributed by atoms with Crippen LogP contribution in [0, 0.1) is 6.92 Å². The Balaban J connectivity index is 2.78. The predicted octanol–water partition coefficient (Wildman–Crippen LogP) is 1.39. The van der Waals surface area contributed by atoms with Crippen LogP contribution in [0.3, 0.4) is 0 Å². The molecule has 0 amide bonds. The Morgan fingerprint density at radius 3 is 2.80 bits per heavy atom. The molecule has 0 N–H and O–H groups in total. The molecule has 0 bridgehead atoms. The molecule has 0 atom stereocenters. The highest BCUT2D eigenvalue weighted by atomic mass is 16.5. The number of ether oxygens (including phenoxy) is 1. The molecule has 4 heteroatoms. The van der Waals surface area contributed by atoms with Crippen LogP contribution in [0.5, 0.6) is 0 Å². The van der Waals surface area contributed by atoms with Crippen LogP contribution in [-0.4, -0.2) is 31.2 Å². The summed E-state index contributed by atoms with van der Waals surface area (Å²) in [6, 6.07) is 5.74. The maximum atomic E-state index is 11.1. The SMILES string of the molecule is CCN(CC(=O)OC)c1cccc(C)n1. The summed E-state index contributed by atoms with van der Waals surface area (Å²) in [5.41, 5.74) is 0.941. The molecule has 0 spiro atoms. The summed E-state index contributed by atoms with van der Waals surface area (Å²) < 4.78 is 4.63. The van der Waals surface area contributed by atoms with E-state index in [9.17, 15) is 4.79 Å². The number of nitrogens with zero attached hydrogens (tertiary/aromatic N) is 2. The van der Waals surface area contributed by atoms with Gasteiger partial charge in [0.2, 0.25) is 0 Å². The van der Waals surface area contributed by atoms with Gasteiger partial charge in [0.15, 0.2) is 0 Å². The third kappa shape index (κ3) is 3.23. The average Bonchev–Trinajstić information content (AvgIpc) is 2.25. The van der Waals surface area contributed by atoms with E-state index < -0.39 is 0 Å². The van der Waals surface area contributed by atoms with Crippen LogP contribution < -0.4 is 4.90 Å². The smallest absolute Gasteiger partial charge is 0.325 e. The lowest BCUT2D eigenvalue weighted by Crippen LogP contribution is -2.31. The number of carbonyl (C=O) groups is 1. The molecule has 0 aliphatic carbocycles. The van der Waals surface area contributed by atoms with Gasteiger partial charge in [0.1, 0.15) is 12.4 Å². The Morgan fingerprint density at radius 1 is 1.53 bits per heavy atom. The Bertz CT molecular complexity index is 339. The van der Waals surface area contributed by atoms with E-state index in [0.29, 0.717) is 0 Å². The lowest BCUT2D eigenvalue weighted by Gasteiger charge is -2.20. The van der Waals surface area contributed by atoms with Crippen LogP contribution >= 0.6 is 0 Å². The summed E-state index contributed by atoms with van der Waals surface area (Å²) in [4.78, 5) is 17.4. The van der Waals surface area contributed by atoms with Crippen molar-refractivity contribution in [1.29, 1.82) is 0 Å². The molecule has 82 valence electrons. The molecule has 1 aromatic rings. The first-order valence-electron chi connectivity index (χ1n) is 4.92. The number of esters is 1. The van der Waals surface area contributed by atoms with Crippen molar-refractivity contribution in [1.82, 2.24) is 4.98 Å². The van der Waals surface area contributed by atoms with E-state index in [-0.39, 0.29) is 12.5 Å². The Morgan fingerprint density at radius 2 is 2.27 bits per heavy atom. The van der Waals surface area contributed by atoms with Crippen molar-refractivity contribution >= 4 is 11.8 Å². The monoisotopic (exact) mass is 208 g/mol. The molecule has 0 radical (unpaired) electrons. The van der Waals surface area contributed by atoms with E-state index in [2.05, 4.69) is 9.72 Å². The first-order chi connectivity index (χ1) is 7.17. The van der Waals surface area contributed by atoms with Gasteiger partial charge in [-0.3, -0.25) is 4.79 Å². The molecule has 0 fully saturated rings. The third-order valence-corrected chi connectivity index (χ3v) is 2.13. The highest BCUT2D eigenvalue weighted by molar-refractivity contribution is 5.75. The molecule has 4 nitrogen and oxygen atoms in total.